The first kappa shape index (κ1) is 11.7. The molecule has 0 radical (unpaired) electrons. The number of benzene rings is 1. The van der Waals surface area contributed by atoms with E-state index < -0.39 is 0 Å². The first-order chi connectivity index (χ1) is 8.16. The molecule has 2 aromatic rings. The van der Waals surface area contributed by atoms with Gasteiger partial charge in [0.15, 0.2) is 0 Å². The fourth-order valence-electron chi connectivity index (χ4n) is 1.51. The summed E-state index contributed by atoms with van der Waals surface area (Å²) in [6, 6.07) is 7.40. The van der Waals surface area contributed by atoms with Gasteiger partial charge in [-0.2, -0.15) is 0 Å². The molecule has 3 nitrogen and oxygen atoms in total. The molecule has 0 unspecified atom stereocenters. The topological polar surface area (TPSA) is 48.1 Å². The second kappa shape index (κ2) is 5.06. The quantitative estimate of drug-likeness (QED) is 0.849. The van der Waals surface area contributed by atoms with Crippen molar-refractivity contribution in [3.8, 4) is 5.75 Å². The average Bonchev–Trinajstić information content (AvgIpc) is 2.30. The molecule has 4 heteroatoms. The van der Waals surface area contributed by atoms with Crippen molar-refractivity contribution < 1.29 is 4.74 Å². The Hall–Kier alpha value is -1.74. The molecule has 2 N–H and O–H groups in total. The molecule has 17 heavy (non-hydrogen) atoms. The molecule has 0 fully saturated rings. The van der Waals surface area contributed by atoms with Gasteiger partial charge in [-0.15, -0.1) is 0 Å². The van der Waals surface area contributed by atoms with Crippen LogP contribution >= 0.6 is 11.6 Å². The first-order valence-electron chi connectivity index (χ1n) is 5.24. The van der Waals surface area contributed by atoms with E-state index in [0.29, 0.717) is 11.6 Å². The molecule has 0 amide bonds. The molecule has 0 bridgehead atoms. The molecule has 1 aromatic heterocycles. The number of rotatable bonds is 3. The Kier molecular flexibility index (Phi) is 3.49. The zero-order valence-electron chi connectivity index (χ0n) is 9.48. The van der Waals surface area contributed by atoms with Crippen LogP contribution in [0.15, 0.2) is 36.7 Å². The Bertz CT molecular complexity index is 529. The fraction of sp³-hybridized carbons (Fsp3) is 0.154. The Morgan fingerprint density at radius 2 is 2.18 bits per heavy atom. The van der Waals surface area contributed by atoms with Crippen LogP contribution in [-0.2, 0) is 6.61 Å². The highest BCUT2D eigenvalue weighted by Crippen LogP contribution is 2.22. The smallest absolute Gasteiger partial charge is 0.122 e. The standard InChI is InChI=1S/C13H13ClN2O/c1-9-6-11(15)2-3-13(9)17-8-10-4-5-16-7-12(10)14/h2-7H,8,15H2,1H3. The molecular formula is C13H13ClN2O. The van der Waals surface area contributed by atoms with E-state index >= 15 is 0 Å². The van der Waals surface area contributed by atoms with Gasteiger partial charge in [0.1, 0.15) is 12.4 Å². The predicted octanol–water partition coefficient (Wildman–Crippen LogP) is 3.20. The molecule has 0 atom stereocenters. The average molecular weight is 249 g/mol. The highest BCUT2D eigenvalue weighted by atomic mass is 35.5. The van der Waals surface area contributed by atoms with Gasteiger partial charge in [0.25, 0.3) is 0 Å². The van der Waals surface area contributed by atoms with Gasteiger partial charge in [-0.1, -0.05) is 11.6 Å². The molecule has 0 aliphatic carbocycles. The Morgan fingerprint density at radius 1 is 1.35 bits per heavy atom. The lowest BCUT2D eigenvalue weighted by Gasteiger charge is -2.10. The van der Waals surface area contributed by atoms with Crippen LogP contribution in [0.3, 0.4) is 0 Å². The number of nitrogens with zero attached hydrogens (tertiary/aromatic N) is 1. The molecule has 0 aliphatic rings. The van der Waals surface area contributed by atoms with E-state index in [1.54, 1.807) is 12.4 Å². The number of aryl methyl sites for hydroxylation is 1. The predicted molar refractivity (Wildman–Crippen MR) is 69.2 cm³/mol. The molecular weight excluding hydrogens is 236 g/mol. The van der Waals surface area contributed by atoms with Crippen LogP contribution in [0.1, 0.15) is 11.1 Å². The number of anilines is 1. The summed E-state index contributed by atoms with van der Waals surface area (Å²) < 4.78 is 5.69. The summed E-state index contributed by atoms with van der Waals surface area (Å²) in [6.45, 7) is 2.38. The largest absolute Gasteiger partial charge is 0.489 e. The first-order valence-corrected chi connectivity index (χ1v) is 5.62. The summed E-state index contributed by atoms with van der Waals surface area (Å²) in [5, 5.41) is 0.612. The van der Waals surface area contributed by atoms with Crippen LogP contribution in [0.5, 0.6) is 5.75 Å². The number of nitrogen functional groups attached to an aromatic ring is 1. The van der Waals surface area contributed by atoms with Crippen LogP contribution in [0.4, 0.5) is 5.69 Å². The second-order valence-corrected chi connectivity index (χ2v) is 4.19. The van der Waals surface area contributed by atoms with Gasteiger partial charge in [-0.25, -0.2) is 0 Å². The van der Waals surface area contributed by atoms with E-state index in [-0.39, 0.29) is 0 Å². The molecule has 2 rings (SSSR count). The van der Waals surface area contributed by atoms with E-state index in [4.69, 9.17) is 22.1 Å². The molecule has 1 heterocycles. The highest BCUT2D eigenvalue weighted by Gasteiger charge is 2.03. The third kappa shape index (κ3) is 2.88. The van der Waals surface area contributed by atoms with Crippen molar-refractivity contribution in [1.82, 2.24) is 4.98 Å². The number of aromatic nitrogens is 1. The van der Waals surface area contributed by atoms with Crippen molar-refractivity contribution in [2.45, 2.75) is 13.5 Å². The monoisotopic (exact) mass is 248 g/mol. The van der Waals surface area contributed by atoms with Crippen molar-refractivity contribution in [3.05, 3.63) is 52.8 Å². The summed E-state index contributed by atoms with van der Waals surface area (Å²) in [4.78, 5) is 3.93. The second-order valence-electron chi connectivity index (χ2n) is 3.78. The Labute approximate surface area is 105 Å². The van der Waals surface area contributed by atoms with Gasteiger partial charge in [-0.05, 0) is 36.8 Å². The third-order valence-electron chi connectivity index (χ3n) is 2.44. The lowest BCUT2D eigenvalue weighted by Crippen LogP contribution is -1.98. The van der Waals surface area contributed by atoms with Crippen LogP contribution < -0.4 is 10.5 Å². The summed E-state index contributed by atoms with van der Waals surface area (Å²) in [6.07, 6.45) is 3.30. The van der Waals surface area contributed by atoms with Gasteiger partial charge in [0.2, 0.25) is 0 Å². The Morgan fingerprint density at radius 3 is 2.88 bits per heavy atom. The van der Waals surface area contributed by atoms with E-state index in [9.17, 15) is 0 Å². The summed E-state index contributed by atoms with van der Waals surface area (Å²) >= 11 is 5.99. The van der Waals surface area contributed by atoms with E-state index in [2.05, 4.69) is 4.98 Å². The van der Waals surface area contributed by atoms with Crippen molar-refractivity contribution in [3.63, 3.8) is 0 Å². The number of halogens is 1. The normalized spacial score (nSPS) is 10.2. The van der Waals surface area contributed by atoms with E-state index in [1.807, 2.05) is 31.2 Å². The highest BCUT2D eigenvalue weighted by molar-refractivity contribution is 6.31. The number of hydrogen-bond donors (Lipinski definition) is 1. The maximum Gasteiger partial charge on any atom is 0.122 e. The molecule has 88 valence electrons. The molecule has 0 aliphatic heterocycles. The minimum Gasteiger partial charge on any atom is -0.489 e. The van der Waals surface area contributed by atoms with Crippen molar-refractivity contribution in [1.29, 1.82) is 0 Å². The van der Waals surface area contributed by atoms with Crippen LogP contribution in [-0.4, -0.2) is 4.98 Å². The third-order valence-corrected chi connectivity index (χ3v) is 2.78. The van der Waals surface area contributed by atoms with Crippen molar-refractivity contribution in [2.75, 3.05) is 5.73 Å². The maximum absolute atomic E-state index is 5.99. The minimum absolute atomic E-state index is 0.423. The lowest BCUT2D eigenvalue weighted by molar-refractivity contribution is 0.304. The molecule has 0 saturated carbocycles. The van der Waals surface area contributed by atoms with Crippen LogP contribution in [0, 0.1) is 6.92 Å². The lowest BCUT2D eigenvalue weighted by atomic mass is 10.2. The fourth-order valence-corrected chi connectivity index (χ4v) is 1.68. The van der Waals surface area contributed by atoms with Gasteiger partial charge in [0, 0.05) is 23.6 Å². The van der Waals surface area contributed by atoms with Crippen LogP contribution in [0.2, 0.25) is 5.02 Å². The van der Waals surface area contributed by atoms with Gasteiger partial charge in [0.05, 0.1) is 5.02 Å². The zero-order chi connectivity index (χ0) is 12.3. The SMILES string of the molecule is Cc1cc(N)ccc1OCc1ccncc1Cl. The minimum atomic E-state index is 0.423. The van der Waals surface area contributed by atoms with Gasteiger partial charge < -0.3 is 10.5 Å². The number of hydrogen-bond acceptors (Lipinski definition) is 3. The molecule has 0 saturated heterocycles. The molecule has 0 spiro atoms. The number of ether oxygens (including phenoxy) is 1. The summed E-state index contributed by atoms with van der Waals surface area (Å²) in [7, 11) is 0. The van der Waals surface area contributed by atoms with Crippen LogP contribution in [0.25, 0.3) is 0 Å². The maximum atomic E-state index is 5.99. The number of pyridine rings is 1. The van der Waals surface area contributed by atoms with Crippen molar-refractivity contribution >= 4 is 17.3 Å². The summed E-state index contributed by atoms with van der Waals surface area (Å²) in [5.41, 5.74) is 8.33. The molecule has 1 aromatic carbocycles. The Balaban J connectivity index is 2.10. The van der Waals surface area contributed by atoms with Gasteiger partial charge >= 0.3 is 0 Å². The summed E-state index contributed by atoms with van der Waals surface area (Å²) in [5.74, 6) is 0.812. The van der Waals surface area contributed by atoms with Gasteiger partial charge in [-0.3, -0.25) is 4.98 Å². The number of nitrogens with two attached hydrogens (primary N) is 1. The van der Waals surface area contributed by atoms with Crippen molar-refractivity contribution in [2.24, 2.45) is 0 Å². The zero-order valence-corrected chi connectivity index (χ0v) is 10.2. The van der Waals surface area contributed by atoms with E-state index in [0.717, 1.165) is 22.6 Å². The van der Waals surface area contributed by atoms with E-state index in [1.165, 1.54) is 0 Å².